The number of hydrogen-bond acceptors (Lipinski definition) is 3. The molecular formula is C22H27N3O2. The Labute approximate surface area is 160 Å². The summed E-state index contributed by atoms with van der Waals surface area (Å²) in [6.07, 6.45) is 1.73. The minimum absolute atomic E-state index is 0.0301. The quantitative estimate of drug-likeness (QED) is 0.847. The number of aryl methyl sites for hydroxylation is 1. The molecule has 0 bridgehead atoms. The Morgan fingerprint density at radius 3 is 2.33 bits per heavy atom. The van der Waals surface area contributed by atoms with Gasteiger partial charge in [0.2, 0.25) is 11.8 Å². The van der Waals surface area contributed by atoms with Crippen LogP contribution in [0.5, 0.6) is 0 Å². The van der Waals surface area contributed by atoms with Crippen molar-refractivity contribution in [2.45, 2.75) is 33.2 Å². The van der Waals surface area contributed by atoms with Crippen LogP contribution in [0.3, 0.4) is 0 Å². The van der Waals surface area contributed by atoms with Crippen LogP contribution in [-0.4, -0.2) is 29.8 Å². The van der Waals surface area contributed by atoms with Crippen molar-refractivity contribution in [1.29, 1.82) is 0 Å². The molecule has 1 aliphatic heterocycles. The maximum absolute atomic E-state index is 12.6. The second-order valence-electron chi connectivity index (χ2n) is 7.23. The molecule has 2 aromatic rings. The lowest BCUT2D eigenvalue weighted by atomic mass is 9.95. The predicted molar refractivity (Wildman–Crippen MR) is 109 cm³/mol. The van der Waals surface area contributed by atoms with Gasteiger partial charge in [0.1, 0.15) is 0 Å². The first kappa shape index (κ1) is 19.1. The molecule has 0 unspecified atom stereocenters. The average Bonchev–Trinajstić information content (AvgIpc) is 2.64. The third-order valence-electron chi connectivity index (χ3n) is 5.06. The van der Waals surface area contributed by atoms with Gasteiger partial charge >= 0.3 is 0 Å². The Morgan fingerprint density at radius 1 is 1.00 bits per heavy atom. The highest BCUT2D eigenvalue weighted by Crippen LogP contribution is 2.22. The number of likely N-dealkylation sites (tertiary alicyclic amines) is 1. The molecule has 0 saturated carbocycles. The standard InChI is InChI=1S/C22H27N3O2/c1-16-6-3-4-7-19(16)15-25-12-10-18(11-13-25)22(27)24-21-9-5-8-20(14-21)23-17(2)26/h3-9,14,18H,10-13,15H2,1-2H3,(H,23,26)(H,24,27). The maximum Gasteiger partial charge on any atom is 0.227 e. The number of carbonyl (C=O) groups excluding carboxylic acids is 2. The fourth-order valence-electron chi connectivity index (χ4n) is 3.50. The van der Waals surface area contributed by atoms with E-state index in [2.05, 4.69) is 46.7 Å². The van der Waals surface area contributed by atoms with Gasteiger partial charge in [-0.15, -0.1) is 0 Å². The lowest BCUT2D eigenvalue weighted by Crippen LogP contribution is -2.37. The lowest BCUT2D eigenvalue weighted by Gasteiger charge is -2.31. The summed E-state index contributed by atoms with van der Waals surface area (Å²) in [7, 11) is 0. The number of hydrogen-bond donors (Lipinski definition) is 2. The van der Waals surface area contributed by atoms with E-state index in [0.717, 1.165) is 32.5 Å². The Balaban J connectivity index is 1.51. The molecule has 3 rings (SSSR count). The Morgan fingerprint density at radius 2 is 1.67 bits per heavy atom. The summed E-state index contributed by atoms with van der Waals surface area (Å²) in [6.45, 7) is 6.41. The molecular weight excluding hydrogens is 338 g/mol. The average molecular weight is 365 g/mol. The summed E-state index contributed by atoms with van der Waals surface area (Å²) in [5.41, 5.74) is 4.08. The highest BCUT2D eigenvalue weighted by molar-refractivity contribution is 5.94. The van der Waals surface area contributed by atoms with E-state index in [1.54, 1.807) is 12.1 Å². The number of amides is 2. The maximum atomic E-state index is 12.6. The molecule has 142 valence electrons. The molecule has 1 aliphatic rings. The normalized spacial score (nSPS) is 15.3. The molecule has 0 aliphatic carbocycles. The van der Waals surface area contributed by atoms with Crippen molar-refractivity contribution in [2.24, 2.45) is 5.92 Å². The van der Waals surface area contributed by atoms with E-state index in [1.807, 2.05) is 12.1 Å². The van der Waals surface area contributed by atoms with Gasteiger partial charge in [-0.1, -0.05) is 30.3 Å². The van der Waals surface area contributed by atoms with Crippen LogP contribution in [0.2, 0.25) is 0 Å². The van der Waals surface area contributed by atoms with Gasteiger partial charge in [-0.2, -0.15) is 0 Å². The van der Waals surface area contributed by atoms with Gasteiger partial charge in [-0.05, 0) is 62.2 Å². The summed E-state index contributed by atoms with van der Waals surface area (Å²) < 4.78 is 0. The van der Waals surface area contributed by atoms with E-state index in [4.69, 9.17) is 0 Å². The Kier molecular flexibility index (Phi) is 6.24. The summed E-state index contributed by atoms with van der Waals surface area (Å²) in [4.78, 5) is 26.2. The number of carbonyl (C=O) groups is 2. The topological polar surface area (TPSA) is 61.4 Å². The Hall–Kier alpha value is -2.66. The van der Waals surface area contributed by atoms with E-state index in [-0.39, 0.29) is 17.7 Å². The molecule has 5 nitrogen and oxygen atoms in total. The second-order valence-corrected chi connectivity index (χ2v) is 7.23. The van der Waals surface area contributed by atoms with Crippen LogP contribution in [0.15, 0.2) is 48.5 Å². The summed E-state index contributed by atoms with van der Waals surface area (Å²) in [5, 5.41) is 5.72. The first-order valence-electron chi connectivity index (χ1n) is 9.46. The van der Waals surface area contributed by atoms with Crippen LogP contribution >= 0.6 is 0 Å². The summed E-state index contributed by atoms with van der Waals surface area (Å²) in [5.74, 6) is -0.0347. The molecule has 0 radical (unpaired) electrons. The van der Waals surface area contributed by atoms with E-state index in [1.165, 1.54) is 18.1 Å². The number of anilines is 2. The number of nitrogens with zero attached hydrogens (tertiary/aromatic N) is 1. The van der Waals surface area contributed by atoms with Gasteiger partial charge in [0.05, 0.1) is 0 Å². The smallest absolute Gasteiger partial charge is 0.227 e. The zero-order chi connectivity index (χ0) is 19.2. The molecule has 0 spiro atoms. The van der Waals surface area contributed by atoms with E-state index < -0.39 is 0 Å². The molecule has 0 aromatic heterocycles. The first-order valence-corrected chi connectivity index (χ1v) is 9.46. The molecule has 2 amide bonds. The molecule has 0 atom stereocenters. The van der Waals surface area contributed by atoms with Gasteiger partial charge in [0.15, 0.2) is 0 Å². The second kappa shape index (κ2) is 8.82. The van der Waals surface area contributed by atoms with Crippen LogP contribution in [0.25, 0.3) is 0 Å². The highest BCUT2D eigenvalue weighted by Gasteiger charge is 2.25. The third kappa shape index (κ3) is 5.41. The summed E-state index contributed by atoms with van der Waals surface area (Å²) in [6, 6.07) is 15.7. The van der Waals surface area contributed by atoms with Crippen LogP contribution < -0.4 is 10.6 Å². The van der Waals surface area contributed by atoms with Gasteiger partial charge in [0.25, 0.3) is 0 Å². The summed E-state index contributed by atoms with van der Waals surface area (Å²) >= 11 is 0. The predicted octanol–water partition coefficient (Wildman–Crippen LogP) is 3.80. The van der Waals surface area contributed by atoms with Gasteiger partial charge in [-0.25, -0.2) is 0 Å². The van der Waals surface area contributed by atoms with Crippen LogP contribution in [-0.2, 0) is 16.1 Å². The van der Waals surface area contributed by atoms with Crippen LogP contribution in [0, 0.1) is 12.8 Å². The van der Waals surface area contributed by atoms with Crippen molar-refractivity contribution in [3.63, 3.8) is 0 Å². The largest absolute Gasteiger partial charge is 0.326 e. The molecule has 1 fully saturated rings. The highest BCUT2D eigenvalue weighted by atomic mass is 16.2. The van der Waals surface area contributed by atoms with Crippen molar-refractivity contribution >= 4 is 23.2 Å². The molecule has 1 heterocycles. The molecule has 5 heteroatoms. The fourth-order valence-corrected chi connectivity index (χ4v) is 3.50. The zero-order valence-electron chi connectivity index (χ0n) is 16.0. The van der Waals surface area contributed by atoms with Gasteiger partial charge in [0, 0.05) is 30.8 Å². The molecule has 2 aromatic carbocycles. The minimum atomic E-state index is -0.125. The molecule has 2 N–H and O–H groups in total. The third-order valence-corrected chi connectivity index (χ3v) is 5.06. The van der Waals surface area contributed by atoms with E-state index >= 15 is 0 Å². The Bertz CT molecular complexity index is 811. The SMILES string of the molecule is CC(=O)Nc1cccc(NC(=O)C2CCN(Cc3ccccc3C)CC2)c1. The van der Waals surface area contributed by atoms with Crippen LogP contribution in [0.1, 0.15) is 30.9 Å². The number of nitrogens with one attached hydrogen (secondary N) is 2. The number of rotatable bonds is 5. The number of benzene rings is 2. The number of piperidine rings is 1. The van der Waals surface area contributed by atoms with E-state index in [0.29, 0.717) is 11.4 Å². The van der Waals surface area contributed by atoms with Crippen molar-refractivity contribution in [2.75, 3.05) is 23.7 Å². The van der Waals surface area contributed by atoms with Gasteiger partial charge in [-0.3, -0.25) is 14.5 Å². The lowest BCUT2D eigenvalue weighted by molar-refractivity contribution is -0.121. The monoisotopic (exact) mass is 365 g/mol. The first-order chi connectivity index (χ1) is 13.0. The van der Waals surface area contributed by atoms with Crippen molar-refractivity contribution < 1.29 is 9.59 Å². The van der Waals surface area contributed by atoms with Gasteiger partial charge < -0.3 is 10.6 Å². The van der Waals surface area contributed by atoms with Crippen molar-refractivity contribution in [3.05, 3.63) is 59.7 Å². The molecule has 27 heavy (non-hydrogen) atoms. The fraction of sp³-hybridized carbons (Fsp3) is 0.364. The minimum Gasteiger partial charge on any atom is -0.326 e. The van der Waals surface area contributed by atoms with Crippen molar-refractivity contribution in [1.82, 2.24) is 4.90 Å². The van der Waals surface area contributed by atoms with Crippen LogP contribution in [0.4, 0.5) is 11.4 Å². The molecule has 1 saturated heterocycles. The zero-order valence-corrected chi connectivity index (χ0v) is 16.0. The van der Waals surface area contributed by atoms with E-state index in [9.17, 15) is 9.59 Å². The van der Waals surface area contributed by atoms with Crippen molar-refractivity contribution in [3.8, 4) is 0 Å².